The van der Waals surface area contributed by atoms with Gasteiger partial charge in [0.15, 0.2) is 0 Å². The van der Waals surface area contributed by atoms with Gasteiger partial charge in [0.2, 0.25) is 21.8 Å². The monoisotopic (exact) mass is 671 g/mol. The number of amides is 2. The lowest BCUT2D eigenvalue weighted by molar-refractivity contribution is -0.141. The van der Waals surface area contributed by atoms with Gasteiger partial charge < -0.3 is 10.2 Å². The molecular weight excluding hydrogens is 629 g/mol. The average molecular weight is 673 g/mol. The van der Waals surface area contributed by atoms with Crippen LogP contribution in [-0.2, 0) is 39.0 Å². The van der Waals surface area contributed by atoms with Gasteiger partial charge in [-0.2, -0.15) is 0 Å². The van der Waals surface area contributed by atoms with Crippen molar-refractivity contribution in [2.75, 3.05) is 17.1 Å². The van der Waals surface area contributed by atoms with Crippen molar-refractivity contribution < 1.29 is 18.0 Å². The normalized spacial score (nSPS) is 14.5. The lowest BCUT2D eigenvalue weighted by Gasteiger charge is -2.34. The number of carbonyl (C=O) groups excluding carboxylic acids is 2. The molecule has 1 fully saturated rings. The van der Waals surface area contributed by atoms with Crippen molar-refractivity contribution in [3.8, 4) is 0 Å². The summed E-state index contributed by atoms with van der Waals surface area (Å²) in [5, 5.41) is 4.04. The van der Waals surface area contributed by atoms with E-state index in [1.807, 2.05) is 49.4 Å². The number of anilines is 1. The number of sulfonamides is 1. The van der Waals surface area contributed by atoms with Gasteiger partial charge in [0.25, 0.3) is 0 Å². The van der Waals surface area contributed by atoms with E-state index in [0.717, 1.165) is 49.7 Å². The molecule has 10 heteroatoms. The Bertz CT molecular complexity index is 1510. The van der Waals surface area contributed by atoms with E-state index < -0.39 is 16.1 Å². The van der Waals surface area contributed by atoms with Gasteiger partial charge in [-0.25, -0.2) is 8.42 Å². The number of rotatable bonds is 14. The zero-order chi connectivity index (χ0) is 32.4. The van der Waals surface area contributed by atoms with Crippen LogP contribution in [0.25, 0.3) is 0 Å². The zero-order valence-electron chi connectivity index (χ0n) is 26.1. The maximum absolute atomic E-state index is 14.1. The number of hydrogen-bond donors (Lipinski definition) is 1. The molecule has 242 valence electrons. The van der Waals surface area contributed by atoms with Gasteiger partial charge in [0.05, 0.1) is 11.9 Å². The highest BCUT2D eigenvalue weighted by molar-refractivity contribution is 7.92. The molecule has 0 heterocycles. The van der Waals surface area contributed by atoms with Crippen LogP contribution in [0, 0.1) is 0 Å². The summed E-state index contributed by atoms with van der Waals surface area (Å²) in [6.45, 7) is 2.20. The van der Waals surface area contributed by atoms with Gasteiger partial charge in [-0.05, 0) is 61.1 Å². The summed E-state index contributed by atoms with van der Waals surface area (Å²) >= 11 is 13.1. The van der Waals surface area contributed by atoms with Crippen molar-refractivity contribution >= 4 is 50.7 Å². The molecule has 3 aromatic rings. The van der Waals surface area contributed by atoms with E-state index >= 15 is 0 Å². The second-order valence-corrected chi connectivity index (χ2v) is 14.5. The fourth-order valence-corrected chi connectivity index (χ4v) is 7.34. The molecule has 1 atom stereocenters. The average Bonchev–Trinajstić information content (AvgIpc) is 3.02. The molecule has 0 spiro atoms. The van der Waals surface area contributed by atoms with E-state index in [4.69, 9.17) is 23.2 Å². The third-order valence-corrected chi connectivity index (χ3v) is 10.3. The molecule has 0 bridgehead atoms. The van der Waals surface area contributed by atoms with Crippen molar-refractivity contribution in [1.29, 1.82) is 0 Å². The molecule has 1 N–H and O–H groups in total. The Kier molecular flexibility index (Phi) is 12.7. The van der Waals surface area contributed by atoms with Crippen LogP contribution in [0.3, 0.4) is 0 Å². The molecule has 3 aromatic carbocycles. The summed E-state index contributed by atoms with van der Waals surface area (Å²) in [5.74, 6) is -0.489. The molecule has 45 heavy (non-hydrogen) atoms. The number of benzene rings is 3. The highest BCUT2D eigenvalue weighted by atomic mass is 35.5. The van der Waals surface area contributed by atoms with Crippen molar-refractivity contribution in [3.05, 3.63) is 99.5 Å². The molecule has 4 rings (SSSR count). The molecule has 1 saturated carbocycles. The first-order valence-electron chi connectivity index (χ1n) is 15.7. The van der Waals surface area contributed by atoms with E-state index in [2.05, 4.69) is 5.32 Å². The van der Waals surface area contributed by atoms with Crippen LogP contribution in [0.4, 0.5) is 5.69 Å². The van der Waals surface area contributed by atoms with Gasteiger partial charge >= 0.3 is 0 Å². The third kappa shape index (κ3) is 9.96. The Hall–Kier alpha value is -3.07. The van der Waals surface area contributed by atoms with Gasteiger partial charge in [0, 0.05) is 47.6 Å². The lowest BCUT2D eigenvalue weighted by atomic mass is 9.94. The van der Waals surface area contributed by atoms with Gasteiger partial charge in [-0.1, -0.05) is 97.9 Å². The highest BCUT2D eigenvalue weighted by Crippen LogP contribution is 2.28. The molecule has 2 amide bonds. The fourth-order valence-electron chi connectivity index (χ4n) is 5.85. The maximum atomic E-state index is 14.1. The van der Waals surface area contributed by atoms with E-state index in [-0.39, 0.29) is 43.8 Å². The number of nitrogens with one attached hydrogen (secondary N) is 1. The highest BCUT2D eigenvalue weighted by Gasteiger charge is 2.33. The Morgan fingerprint density at radius 3 is 2.13 bits per heavy atom. The van der Waals surface area contributed by atoms with Crippen molar-refractivity contribution in [2.24, 2.45) is 0 Å². The van der Waals surface area contributed by atoms with Gasteiger partial charge in [-0.3, -0.25) is 13.9 Å². The first-order valence-corrected chi connectivity index (χ1v) is 18.3. The predicted octanol–water partition coefficient (Wildman–Crippen LogP) is 7.19. The second kappa shape index (κ2) is 16.5. The molecule has 7 nitrogen and oxygen atoms in total. The van der Waals surface area contributed by atoms with Gasteiger partial charge in [0.1, 0.15) is 6.04 Å². The summed E-state index contributed by atoms with van der Waals surface area (Å²) < 4.78 is 26.8. The van der Waals surface area contributed by atoms with Gasteiger partial charge in [-0.15, -0.1) is 0 Å². The summed E-state index contributed by atoms with van der Waals surface area (Å²) in [6, 6.07) is 21.4. The third-order valence-electron chi connectivity index (χ3n) is 8.40. The first kappa shape index (κ1) is 34.8. The van der Waals surface area contributed by atoms with Crippen LogP contribution in [0.1, 0.15) is 68.6 Å². The minimum absolute atomic E-state index is 0.0309. The zero-order valence-corrected chi connectivity index (χ0v) is 28.4. The van der Waals surface area contributed by atoms with E-state index in [1.165, 1.54) is 10.6 Å². The van der Waals surface area contributed by atoms with Crippen molar-refractivity contribution in [2.45, 2.75) is 83.3 Å². The topological polar surface area (TPSA) is 86.8 Å². The summed E-state index contributed by atoms with van der Waals surface area (Å²) in [4.78, 5) is 29.7. The summed E-state index contributed by atoms with van der Waals surface area (Å²) in [5.41, 5.74) is 3.14. The maximum Gasteiger partial charge on any atom is 0.243 e. The van der Waals surface area contributed by atoms with Crippen molar-refractivity contribution in [3.63, 3.8) is 0 Å². The molecule has 0 saturated heterocycles. The van der Waals surface area contributed by atoms with Crippen LogP contribution >= 0.6 is 23.2 Å². The molecule has 1 aliphatic carbocycles. The Morgan fingerprint density at radius 1 is 0.889 bits per heavy atom. The van der Waals surface area contributed by atoms with Crippen LogP contribution < -0.4 is 9.62 Å². The Balaban J connectivity index is 1.61. The quantitative estimate of drug-likeness (QED) is 0.197. The van der Waals surface area contributed by atoms with E-state index in [0.29, 0.717) is 27.7 Å². The predicted molar refractivity (Wildman–Crippen MR) is 183 cm³/mol. The number of aryl methyl sites for hydroxylation is 1. The smallest absolute Gasteiger partial charge is 0.243 e. The molecular formula is C35H43Cl2N3O4S. The molecule has 0 aromatic heterocycles. The minimum atomic E-state index is -3.59. The minimum Gasteiger partial charge on any atom is -0.352 e. The molecule has 0 aliphatic heterocycles. The molecule has 0 radical (unpaired) electrons. The lowest BCUT2D eigenvalue weighted by Crippen LogP contribution is -2.53. The second-order valence-electron chi connectivity index (χ2n) is 11.7. The Morgan fingerprint density at radius 2 is 1.53 bits per heavy atom. The first-order chi connectivity index (χ1) is 21.6. The Labute approximate surface area is 278 Å². The number of carbonyl (C=O) groups is 2. The van der Waals surface area contributed by atoms with Crippen LogP contribution in [0.15, 0.2) is 72.8 Å². The summed E-state index contributed by atoms with van der Waals surface area (Å²) in [6.07, 6.45) is 7.71. The van der Waals surface area contributed by atoms with Crippen molar-refractivity contribution in [1.82, 2.24) is 10.2 Å². The molecule has 1 aliphatic rings. The van der Waals surface area contributed by atoms with Crippen LogP contribution in [-0.4, -0.2) is 50.0 Å². The SMILES string of the molecule is CCc1ccc(N(CCCC(=O)N(Cc2c(Cl)cccc2Cl)C(Cc2ccccc2)C(=O)NC2CCCCC2)S(C)(=O)=O)cc1. The van der Waals surface area contributed by atoms with E-state index in [1.54, 1.807) is 35.2 Å². The van der Waals surface area contributed by atoms with Crippen LogP contribution in [0.2, 0.25) is 10.0 Å². The largest absolute Gasteiger partial charge is 0.352 e. The fraction of sp³-hybridized carbons (Fsp3) is 0.429. The summed E-state index contributed by atoms with van der Waals surface area (Å²) in [7, 11) is -3.59. The standard InChI is InChI=1S/C35H43Cl2N3O4S/c1-3-26-19-21-29(22-20-26)40(45(2,43)44)23-11-18-34(41)39(25-30-31(36)16-10-17-32(30)37)33(24-27-12-6-4-7-13-27)35(42)38-28-14-8-5-9-15-28/h4,6-7,10,12-13,16-17,19-22,28,33H,3,5,8-9,11,14-15,18,23-25H2,1-2H3,(H,38,42). The number of nitrogens with zero attached hydrogens (tertiary/aromatic N) is 2. The molecule has 1 unspecified atom stereocenters. The number of hydrogen-bond acceptors (Lipinski definition) is 4. The number of halogens is 2. The van der Waals surface area contributed by atoms with E-state index in [9.17, 15) is 18.0 Å². The van der Waals surface area contributed by atoms with Crippen LogP contribution in [0.5, 0.6) is 0 Å².